The number of nitrogens with one attached hydrogen (secondary N) is 1. The topological polar surface area (TPSA) is 45.2 Å². The molecule has 0 bridgehead atoms. The quantitative estimate of drug-likeness (QED) is 0.695. The highest BCUT2D eigenvalue weighted by Crippen LogP contribution is 2.39. The summed E-state index contributed by atoms with van der Waals surface area (Å²) in [6, 6.07) is 14.9. The number of aryl methyl sites for hydroxylation is 1. The van der Waals surface area contributed by atoms with Gasteiger partial charge in [-0.3, -0.25) is 4.98 Å². The van der Waals surface area contributed by atoms with E-state index in [1.807, 2.05) is 6.20 Å². The van der Waals surface area contributed by atoms with E-state index in [4.69, 9.17) is 0 Å². The van der Waals surface area contributed by atoms with Crippen LogP contribution in [0.5, 0.6) is 0 Å². The van der Waals surface area contributed by atoms with Crippen LogP contribution < -0.4 is 5.32 Å². The van der Waals surface area contributed by atoms with Gasteiger partial charge in [0.2, 0.25) is 0 Å². The predicted octanol–water partition coefficient (Wildman–Crippen LogP) is 5.01. The monoisotopic (exact) mass is 378 g/mol. The van der Waals surface area contributed by atoms with Gasteiger partial charge >= 0.3 is 0 Å². The Kier molecular flexibility index (Phi) is 6.36. The molecule has 150 valence electrons. The number of aliphatic hydroxyl groups is 1. The van der Waals surface area contributed by atoms with E-state index in [0.29, 0.717) is 5.92 Å². The van der Waals surface area contributed by atoms with Crippen molar-refractivity contribution in [2.75, 3.05) is 0 Å². The van der Waals surface area contributed by atoms with Crippen LogP contribution in [0.2, 0.25) is 0 Å². The first kappa shape index (κ1) is 20.8. The van der Waals surface area contributed by atoms with Gasteiger partial charge in [-0.25, -0.2) is 0 Å². The van der Waals surface area contributed by atoms with Crippen LogP contribution in [-0.4, -0.2) is 21.7 Å². The molecule has 3 rings (SSSR count). The molecule has 0 saturated heterocycles. The van der Waals surface area contributed by atoms with Crippen LogP contribution in [0.25, 0.3) is 0 Å². The average Bonchev–Trinajstić information content (AvgIpc) is 2.65. The standard InChI is InChI=1S/C25H34N2O/c1-17(2)13-23(28)22-14-19(4)24(20-9-7-6-8-10-20)27-25(22,5)15-21-12-11-18(3)16-26-21/h6-12,14,16-17,22-24,27-28H,13,15H2,1-5H3/t22-,23-,24-,25+/m1/s1. The lowest BCUT2D eigenvalue weighted by molar-refractivity contribution is 0.0490. The lowest BCUT2D eigenvalue weighted by atomic mass is 9.71. The summed E-state index contributed by atoms with van der Waals surface area (Å²) in [5.74, 6) is 0.496. The molecule has 0 amide bonds. The normalized spacial score (nSPS) is 26.2. The summed E-state index contributed by atoms with van der Waals surface area (Å²) in [5.41, 5.74) is 4.47. The fourth-order valence-electron chi connectivity index (χ4n) is 4.41. The summed E-state index contributed by atoms with van der Waals surface area (Å²) in [7, 11) is 0. The zero-order chi connectivity index (χ0) is 20.3. The van der Waals surface area contributed by atoms with Crippen molar-refractivity contribution in [3.8, 4) is 0 Å². The molecule has 0 saturated carbocycles. The van der Waals surface area contributed by atoms with E-state index >= 15 is 0 Å². The number of aliphatic hydroxyl groups excluding tert-OH is 1. The fourth-order valence-corrected chi connectivity index (χ4v) is 4.41. The molecule has 0 aliphatic carbocycles. The Bertz CT molecular complexity index is 797. The van der Waals surface area contributed by atoms with Gasteiger partial charge in [0.05, 0.1) is 12.1 Å². The molecule has 0 radical (unpaired) electrons. The van der Waals surface area contributed by atoms with Gasteiger partial charge in [-0.2, -0.15) is 0 Å². The molecule has 1 aliphatic heterocycles. The third-order valence-electron chi connectivity index (χ3n) is 5.89. The highest BCUT2D eigenvalue weighted by Gasteiger charge is 2.43. The Morgan fingerprint density at radius 3 is 2.43 bits per heavy atom. The molecule has 0 fully saturated rings. The second-order valence-electron chi connectivity index (χ2n) is 9.04. The zero-order valence-corrected chi connectivity index (χ0v) is 17.8. The Hall–Kier alpha value is -1.97. The van der Waals surface area contributed by atoms with Crippen molar-refractivity contribution in [3.05, 3.63) is 77.1 Å². The largest absolute Gasteiger partial charge is 0.392 e. The number of hydrogen-bond donors (Lipinski definition) is 2. The van der Waals surface area contributed by atoms with E-state index in [2.05, 4.69) is 93.5 Å². The second-order valence-corrected chi connectivity index (χ2v) is 9.04. The van der Waals surface area contributed by atoms with E-state index in [1.165, 1.54) is 16.7 Å². The van der Waals surface area contributed by atoms with Crippen LogP contribution in [0.1, 0.15) is 57.0 Å². The van der Waals surface area contributed by atoms with Crippen molar-refractivity contribution in [3.63, 3.8) is 0 Å². The second kappa shape index (κ2) is 8.59. The number of nitrogens with zero attached hydrogens (tertiary/aromatic N) is 1. The fraction of sp³-hybridized carbons (Fsp3) is 0.480. The van der Waals surface area contributed by atoms with Crippen molar-refractivity contribution < 1.29 is 5.11 Å². The van der Waals surface area contributed by atoms with Crippen molar-refractivity contribution in [2.24, 2.45) is 11.8 Å². The number of hydrogen-bond acceptors (Lipinski definition) is 3. The van der Waals surface area contributed by atoms with E-state index in [9.17, 15) is 5.11 Å². The maximum atomic E-state index is 11.1. The molecular formula is C25H34N2O. The molecule has 3 nitrogen and oxygen atoms in total. The van der Waals surface area contributed by atoms with Gasteiger partial charge in [0, 0.05) is 29.8 Å². The molecule has 0 unspecified atom stereocenters. The van der Waals surface area contributed by atoms with Crippen molar-refractivity contribution in [1.82, 2.24) is 10.3 Å². The Morgan fingerprint density at radius 1 is 1.11 bits per heavy atom. The van der Waals surface area contributed by atoms with Gasteiger partial charge in [-0.15, -0.1) is 0 Å². The molecule has 4 atom stereocenters. The van der Waals surface area contributed by atoms with Gasteiger partial charge in [0.25, 0.3) is 0 Å². The van der Waals surface area contributed by atoms with Crippen LogP contribution >= 0.6 is 0 Å². The van der Waals surface area contributed by atoms with Gasteiger partial charge in [0.15, 0.2) is 0 Å². The molecule has 1 aliphatic rings. The Labute approximate surface area is 169 Å². The van der Waals surface area contributed by atoms with Crippen LogP contribution in [-0.2, 0) is 6.42 Å². The van der Waals surface area contributed by atoms with E-state index in [0.717, 1.165) is 18.5 Å². The van der Waals surface area contributed by atoms with Gasteiger partial charge in [-0.1, -0.05) is 61.9 Å². The predicted molar refractivity (Wildman–Crippen MR) is 116 cm³/mol. The lowest BCUT2D eigenvalue weighted by Gasteiger charge is -2.47. The van der Waals surface area contributed by atoms with Crippen molar-refractivity contribution in [2.45, 2.75) is 65.1 Å². The summed E-state index contributed by atoms with van der Waals surface area (Å²) in [6.45, 7) is 10.8. The van der Waals surface area contributed by atoms with Crippen LogP contribution in [0.4, 0.5) is 0 Å². The van der Waals surface area contributed by atoms with Crippen LogP contribution in [0.3, 0.4) is 0 Å². The lowest BCUT2D eigenvalue weighted by Crippen LogP contribution is -2.57. The zero-order valence-electron chi connectivity index (χ0n) is 17.8. The minimum Gasteiger partial charge on any atom is -0.392 e. The molecule has 2 aromatic rings. The third kappa shape index (κ3) is 4.71. The van der Waals surface area contributed by atoms with Gasteiger partial charge in [0.1, 0.15) is 0 Å². The first-order valence-electron chi connectivity index (χ1n) is 10.4. The smallest absolute Gasteiger partial charge is 0.0623 e. The SMILES string of the molecule is CC1=C[C@H]([C@H](O)CC(C)C)[C@](C)(Cc2ccc(C)cn2)N[C@H]1c1ccccc1. The summed E-state index contributed by atoms with van der Waals surface area (Å²) < 4.78 is 0. The molecule has 3 heteroatoms. The molecule has 1 aromatic carbocycles. The van der Waals surface area contributed by atoms with Crippen molar-refractivity contribution >= 4 is 0 Å². The van der Waals surface area contributed by atoms with E-state index in [-0.39, 0.29) is 23.6 Å². The maximum absolute atomic E-state index is 11.1. The number of benzene rings is 1. The number of pyridine rings is 1. The van der Waals surface area contributed by atoms with E-state index in [1.54, 1.807) is 0 Å². The molecule has 28 heavy (non-hydrogen) atoms. The number of rotatable bonds is 6. The molecule has 2 heterocycles. The Balaban J connectivity index is 1.97. The van der Waals surface area contributed by atoms with Gasteiger partial charge < -0.3 is 10.4 Å². The minimum atomic E-state index is -0.380. The highest BCUT2D eigenvalue weighted by molar-refractivity contribution is 5.33. The summed E-state index contributed by atoms with van der Waals surface area (Å²) >= 11 is 0. The highest BCUT2D eigenvalue weighted by atomic mass is 16.3. The van der Waals surface area contributed by atoms with Crippen molar-refractivity contribution in [1.29, 1.82) is 0 Å². The minimum absolute atomic E-state index is 0.0398. The molecule has 2 N–H and O–H groups in total. The van der Waals surface area contributed by atoms with Gasteiger partial charge in [-0.05, 0) is 50.3 Å². The Morgan fingerprint density at radius 2 is 1.82 bits per heavy atom. The first-order valence-corrected chi connectivity index (χ1v) is 10.4. The summed E-state index contributed by atoms with van der Waals surface area (Å²) in [4.78, 5) is 4.65. The van der Waals surface area contributed by atoms with E-state index < -0.39 is 0 Å². The maximum Gasteiger partial charge on any atom is 0.0623 e. The molecular weight excluding hydrogens is 344 g/mol. The third-order valence-corrected chi connectivity index (χ3v) is 5.89. The summed E-state index contributed by atoms with van der Waals surface area (Å²) in [5, 5.41) is 15.0. The van der Waals surface area contributed by atoms with Crippen LogP contribution in [0.15, 0.2) is 60.3 Å². The molecule has 1 aromatic heterocycles. The first-order chi connectivity index (χ1) is 13.3. The summed E-state index contributed by atoms with van der Waals surface area (Å²) in [6.07, 6.45) is 5.42. The van der Waals surface area contributed by atoms with Crippen LogP contribution in [0, 0.1) is 18.8 Å². The average molecular weight is 379 g/mol. The molecule has 0 spiro atoms. The number of aromatic nitrogens is 1.